The lowest BCUT2D eigenvalue weighted by Crippen LogP contribution is -2.20. The van der Waals surface area contributed by atoms with Crippen molar-refractivity contribution in [3.8, 4) is 0 Å². The zero-order valence-electron chi connectivity index (χ0n) is 6.10. The van der Waals surface area contributed by atoms with E-state index in [1.807, 2.05) is 4.57 Å². The number of nitrogens with zero attached hydrogens (tertiary/aromatic N) is 3. The third-order valence-corrected chi connectivity index (χ3v) is 2.06. The minimum atomic E-state index is 0.165. The Labute approximate surface area is 64.2 Å². The SMILES string of the molecule is O=CC1CCc2nncn2C1. The van der Waals surface area contributed by atoms with Gasteiger partial charge in [-0.05, 0) is 6.42 Å². The van der Waals surface area contributed by atoms with Crippen molar-refractivity contribution < 1.29 is 4.79 Å². The molecule has 0 aliphatic carbocycles. The fourth-order valence-corrected chi connectivity index (χ4v) is 1.39. The third-order valence-electron chi connectivity index (χ3n) is 2.06. The summed E-state index contributed by atoms with van der Waals surface area (Å²) in [5.74, 6) is 1.17. The van der Waals surface area contributed by atoms with Crippen molar-refractivity contribution in [2.75, 3.05) is 0 Å². The van der Waals surface area contributed by atoms with Crippen LogP contribution in [0.3, 0.4) is 0 Å². The number of fused-ring (bicyclic) bond motifs is 1. The van der Waals surface area contributed by atoms with Crippen molar-refractivity contribution in [3.05, 3.63) is 12.2 Å². The average molecular weight is 151 g/mol. The van der Waals surface area contributed by atoms with Gasteiger partial charge in [0, 0.05) is 18.9 Å². The molecule has 4 heteroatoms. The van der Waals surface area contributed by atoms with Gasteiger partial charge in [-0.3, -0.25) is 0 Å². The molecule has 4 nitrogen and oxygen atoms in total. The van der Waals surface area contributed by atoms with E-state index in [4.69, 9.17) is 0 Å². The summed E-state index contributed by atoms with van der Waals surface area (Å²) < 4.78 is 1.95. The summed E-state index contributed by atoms with van der Waals surface area (Å²) in [5, 5.41) is 7.69. The Bertz CT molecular complexity index is 268. The van der Waals surface area contributed by atoms with Crippen LogP contribution in [-0.4, -0.2) is 21.1 Å². The van der Waals surface area contributed by atoms with Crippen molar-refractivity contribution in [3.63, 3.8) is 0 Å². The Hall–Kier alpha value is -1.19. The predicted molar refractivity (Wildman–Crippen MR) is 37.9 cm³/mol. The molecule has 11 heavy (non-hydrogen) atoms. The Morgan fingerprint density at radius 1 is 1.73 bits per heavy atom. The number of carbonyl (C=O) groups excluding carboxylic acids is 1. The maximum atomic E-state index is 10.4. The van der Waals surface area contributed by atoms with E-state index in [9.17, 15) is 4.79 Å². The van der Waals surface area contributed by atoms with Gasteiger partial charge in [0.25, 0.3) is 0 Å². The Balaban J connectivity index is 2.24. The summed E-state index contributed by atoms with van der Waals surface area (Å²) in [6, 6.07) is 0. The van der Waals surface area contributed by atoms with Crippen molar-refractivity contribution in [1.29, 1.82) is 0 Å². The van der Waals surface area contributed by atoms with Crippen molar-refractivity contribution >= 4 is 6.29 Å². The molecule has 1 aliphatic rings. The first-order valence-corrected chi connectivity index (χ1v) is 3.72. The van der Waals surface area contributed by atoms with Crippen LogP contribution in [0.5, 0.6) is 0 Å². The zero-order valence-corrected chi connectivity index (χ0v) is 6.10. The minimum Gasteiger partial charge on any atom is -0.317 e. The average Bonchev–Trinajstić information content (AvgIpc) is 2.50. The summed E-state index contributed by atoms with van der Waals surface area (Å²) in [4.78, 5) is 10.4. The van der Waals surface area contributed by atoms with Crippen LogP contribution >= 0.6 is 0 Å². The quantitative estimate of drug-likeness (QED) is 0.532. The first-order chi connectivity index (χ1) is 5.40. The molecular formula is C7H9N3O. The van der Waals surface area contributed by atoms with Gasteiger partial charge in [-0.1, -0.05) is 0 Å². The lowest BCUT2D eigenvalue weighted by molar-refractivity contribution is -0.111. The molecule has 0 radical (unpaired) electrons. The molecular weight excluding hydrogens is 142 g/mol. The number of carbonyl (C=O) groups is 1. The maximum Gasteiger partial charge on any atom is 0.132 e. The molecule has 1 atom stereocenters. The van der Waals surface area contributed by atoms with E-state index in [-0.39, 0.29) is 5.92 Å². The highest BCUT2D eigenvalue weighted by Crippen LogP contribution is 2.15. The van der Waals surface area contributed by atoms with Gasteiger partial charge in [0.1, 0.15) is 18.4 Å². The minimum absolute atomic E-state index is 0.165. The van der Waals surface area contributed by atoms with Crippen molar-refractivity contribution in [1.82, 2.24) is 14.8 Å². The summed E-state index contributed by atoms with van der Waals surface area (Å²) in [7, 11) is 0. The first kappa shape index (κ1) is 6.52. The summed E-state index contributed by atoms with van der Waals surface area (Å²) >= 11 is 0. The van der Waals surface area contributed by atoms with Gasteiger partial charge in [-0.25, -0.2) is 0 Å². The van der Waals surface area contributed by atoms with Crippen LogP contribution in [0.25, 0.3) is 0 Å². The Kier molecular flexibility index (Phi) is 1.45. The van der Waals surface area contributed by atoms with E-state index in [2.05, 4.69) is 10.2 Å². The zero-order chi connectivity index (χ0) is 7.68. The molecule has 0 bridgehead atoms. The molecule has 1 aromatic heterocycles. The molecule has 1 aromatic rings. The van der Waals surface area contributed by atoms with Gasteiger partial charge < -0.3 is 9.36 Å². The first-order valence-electron chi connectivity index (χ1n) is 3.72. The Morgan fingerprint density at radius 3 is 3.45 bits per heavy atom. The smallest absolute Gasteiger partial charge is 0.132 e. The van der Waals surface area contributed by atoms with E-state index < -0.39 is 0 Å². The topological polar surface area (TPSA) is 47.8 Å². The number of aryl methyl sites for hydroxylation is 1. The fourth-order valence-electron chi connectivity index (χ4n) is 1.39. The van der Waals surface area contributed by atoms with Gasteiger partial charge in [-0.2, -0.15) is 0 Å². The van der Waals surface area contributed by atoms with Gasteiger partial charge in [0.05, 0.1) is 0 Å². The normalized spacial score (nSPS) is 22.7. The number of rotatable bonds is 1. The van der Waals surface area contributed by atoms with Crippen LogP contribution < -0.4 is 0 Å². The molecule has 2 rings (SSSR count). The van der Waals surface area contributed by atoms with E-state index in [0.717, 1.165) is 31.5 Å². The standard InChI is InChI=1S/C7H9N3O/c11-4-6-1-2-7-9-8-5-10(7)3-6/h4-6H,1-3H2. The van der Waals surface area contributed by atoms with Gasteiger partial charge in [-0.15, -0.1) is 10.2 Å². The van der Waals surface area contributed by atoms with E-state index >= 15 is 0 Å². The van der Waals surface area contributed by atoms with Crippen LogP contribution in [0.15, 0.2) is 6.33 Å². The Morgan fingerprint density at radius 2 is 2.64 bits per heavy atom. The second kappa shape index (κ2) is 2.45. The largest absolute Gasteiger partial charge is 0.317 e. The van der Waals surface area contributed by atoms with Gasteiger partial charge in [0.15, 0.2) is 0 Å². The number of aldehydes is 1. The van der Waals surface area contributed by atoms with Crippen LogP contribution in [0, 0.1) is 5.92 Å². The maximum absolute atomic E-state index is 10.4. The van der Waals surface area contributed by atoms with E-state index in [1.165, 1.54) is 0 Å². The number of hydrogen-bond donors (Lipinski definition) is 0. The molecule has 1 unspecified atom stereocenters. The van der Waals surface area contributed by atoms with Crippen LogP contribution in [0.1, 0.15) is 12.2 Å². The molecule has 0 amide bonds. The highest BCUT2D eigenvalue weighted by Gasteiger charge is 2.17. The predicted octanol–water partition coefficient (Wildman–Crippen LogP) is 0.0394. The van der Waals surface area contributed by atoms with Crippen LogP contribution in [0.4, 0.5) is 0 Å². The molecule has 0 N–H and O–H groups in total. The molecule has 2 heterocycles. The lowest BCUT2D eigenvalue weighted by atomic mass is 10.0. The third kappa shape index (κ3) is 1.04. The molecule has 0 saturated heterocycles. The molecule has 58 valence electrons. The number of aromatic nitrogens is 3. The van der Waals surface area contributed by atoms with Crippen molar-refractivity contribution in [2.24, 2.45) is 5.92 Å². The van der Waals surface area contributed by atoms with Gasteiger partial charge in [0.2, 0.25) is 0 Å². The summed E-state index contributed by atoms with van der Waals surface area (Å²) in [6.45, 7) is 0.756. The fraction of sp³-hybridized carbons (Fsp3) is 0.571. The molecule has 0 aromatic carbocycles. The highest BCUT2D eigenvalue weighted by atomic mass is 16.1. The highest BCUT2D eigenvalue weighted by molar-refractivity contribution is 5.53. The summed E-state index contributed by atoms with van der Waals surface area (Å²) in [5.41, 5.74) is 0. The molecule has 0 saturated carbocycles. The summed E-state index contributed by atoms with van der Waals surface area (Å²) in [6.07, 6.45) is 4.50. The van der Waals surface area contributed by atoms with Crippen LogP contribution in [0.2, 0.25) is 0 Å². The monoisotopic (exact) mass is 151 g/mol. The van der Waals surface area contributed by atoms with Gasteiger partial charge >= 0.3 is 0 Å². The van der Waals surface area contributed by atoms with E-state index in [0.29, 0.717) is 0 Å². The molecule has 0 spiro atoms. The second-order valence-electron chi connectivity index (χ2n) is 2.83. The number of hydrogen-bond acceptors (Lipinski definition) is 3. The van der Waals surface area contributed by atoms with Crippen LogP contribution in [-0.2, 0) is 17.8 Å². The van der Waals surface area contributed by atoms with E-state index in [1.54, 1.807) is 6.33 Å². The lowest BCUT2D eigenvalue weighted by Gasteiger charge is -2.17. The molecule has 1 aliphatic heterocycles. The molecule has 0 fully saturated rings. The van der Waals surface area contributed by atoms with Crippen molar-refractivity contribution in [2.45, 2.75) is 19.4 Å². The second-order valence-corrected chi connectivity index (χ2v) is 2.83.